The number of aromatic nitrogens is 1. The summed E-state index contributed by atoms with van der Waals surface area (Å²) in [6, 6.07) is 13.9. The Labute approximate surface area is 246 Å². The van der Waals surface area contributed by atoms with Gasteiger partial charge in [0, 0.05) is 48.7 Å². The summed E-state index contributed by atoms with van der Waals surface area (Å²) in [5.41, 5.74) is 1.43. The van der Waals surface area contributed by atoms with Gasteiger partial charge >= 0.3 is 0 Å². The maximum atomic E-state index is 13.5. The van der Waals surface area contributed by atoms with Crippen molar-refractivity contribution in [1.29, 1.82) is 0 Å². The topological polar surface area (TPSA) is 138 Å². The molecular formula is C30H36N4O7S. The number of amides is 2. The van der Waals surface area contributed by atoms with Gasteiger partial charge in [0.25, 0.3) is 5.91 Å². The predicted molar refractivity (Wildman–Crippen MR) is 157 cm³/mol. The van der Waals surface area contributed by atoms with Crippen LogP contribution in [-0.2, 0) is 21.2 Å². The molecule has 0 fully saturated rings. The summed E-state index contributed by atoms with van der Waals surface area (Å²) in [4.78, 5) is 31.8. The first-order chi connectivity index (χ1) is 20.0. The molecule has 3 aromatic rings. The van der Waals surface area contributed by atoms with Crippen molar-refractivity contribution in [3.05, 3.63) is 78.1 Å². The van der Waals surface area contributed by atoms with Crippen LogP contribution in [0, 0.1) is 5.92 Å². The highest BCUT2D eigenvalue weighted by atomic mass is 32.2. The minimum Gasteiger partial charge on any atom is -0.497 e. The summed E-state index contributed by atoms with van der Waals surface area (Å²) in [7, 11) is -0.868. The number of methoxy groups -OCH3 is 1. The molecule has 42 heavy (non-hydrogen) atoms. The van der Waals surface area contributed by atoms with Gasteiger partial charge in [0.15, 0.2) is 0 Å². The highest BCUT2D eigenvalue weighted by molar-refractivity contribution is 7.89. The Morgan fingerprint density at radius 3 is 2.52 bits per heavy atom. The van der Waals surface area contributed by atoms with Gasteiger partial charge in [0.2, 0.25) is 15.9 Å². The van der Waals surface area contributed by atoms with E-state index < -0.39 is 22.2 Å². The zero-order chi connectivity index (χ0) is 30.4. The summed E-state index contributed by atoms with van der Waals surface area (Å²) in [6.07, 6.45) is 2.38. The lowest BCUT2D eigenvalue weighted by atomic mass is 10.0. The minimum absolute atomic E-state index is 0.00500. The van der Waals surface area contributed by atoms with E-state index in [1.807, 2.05) is 6.92 Å². The lowest BCUT2D eigenvalue weighted by molar-refractivity contribution is -0.134. The van der Waals surface area contributed by atoms with Crippen molar-refractivity contribution in [2.24, 2.45) is 5.92 Å². The molecule has 4 rings (SSSR count). The number of aliphatic hydroxyl groups is 1. The molecule has 0 radical (unpaired) electrons. The molecule has 1 aliphatic heterocycles. The number of carbonyl (C=O) groups excluding carboxylic acids is 2. The fourth-order valence-corrected chi connectivity index (χ4v) is 5.89. The molecule has 1 aromatic heterocycles. The Balaban J connectivity index is 1.64. The van der Waals surface area contributed by atoms with E-state index in [0.29, 0.717) is 28.3 Å². The Morgan fingerprint density at radius 1 is 1.19 bits per heavy atom. The van der Waals surface area contributed by atoms with Crippen molar-refractivity contribution in [3.63, 3.8) is 0 Å². The quantitative estimate of drug-likeness (QED) is 0.385. The van der Waals surface area contributed by atoms with Crippen molar-refractivity contribution >= 4 is 27.5 Å². The molecule has 2 N–H and O–H groups in total. The Hall–Kier alpha value is -4.00. The predicted octanol–water partition coefficient (Wildman–Crippen LogP) is 2.81. The van der Waals surface area contributed by atoms with Crippen LogP contribution in [-0.4, -0.2) is 85.5 Å². The molecule has 2 heterocycles. The fraction of sp³-hybridized carbons (Fsp3) is 0.367. The Morgan fingerprint density at radius 2 is 1.88 bits per heavy atom. The van der Waals surface area contributed by atoms with Crippen LogP contribution in [0.3, 0.4) is 0 Å². The van der Waals surface area contributed by atoms with Crippen LogP contribution in [0.2, 0.25) is 0 Å². The van der Waals surface area contributed by atoms with E-state index in [0.717, 1.165) is 0 Å². The van der Waals surface area contributed by atoms with Crippen molar-refractivity contribution < 1.29 is 32.6 Å². The average Bonchev–Trinajstić information content (AvgIpc) is 3.04. The normalized spacial score (nSPS) is 18.2. The molecule has 1 aliphatic rings. The van der Waals surface area contributed by atoms with Crippen LogP contribution in [0.15, 0.2) is 71.9 Å². The molecule has 2 aromatic carbocycles. The number of anilines is 1. The first-order valence-electron chi connectivity index (χ1n) is 13.5. The number of pyridine rings is 1. The van der Waals surface area contributed by atoms with Gasteiger partial charge in [-0.05, 0) is 61.5 Å². The summed E-state index contributed by atoms with van der Waals surface area (Å²) in [5.74, 6) is 0.107. The number of carbonyl (C=O) groups is 2. The first kappa shape index (κ1) is 30.9. The zero-order valence-electron chi connectivity index (χ0n) is 24.1. The SMILES string of the molecule is COc1ccc(S(=O)(=O)N(C)C[C@H]2Oc3ccc(NC(=O)c4ccncc4)cc3CC(=O)N([C@@H](C)CO)C[C@@H]2C)cc1. The number of benzene rings is 2. The van der Waals surface area contributed by atoms with E-state index in [9.17, 15) is 23.1 Å². The van der Waals surface area contributed by atoms with Gasteiger partial charge in [-0.3, -0.25) is 14.6 Å². The number of fused-ring (bicyclic) bond motifs is 1. The average molecular weight is 597 g/mol. The number of sulfonamides is 1. The van der Waals surface area contributed by atoms with Crippen LogP contribution in [0.4, 0.5) is 5.69 Å². The number of aliphatic hydroxyl groups excluding tert-OH is 1. The van der Waals surface area contributed by atoms with Crippen LogP contribution in [0.5, 0.6) is 11.5 Å². The molecule has 0 saturated carbocycles. The number of ether oxygens (including phenoxy) is 2. The van der Waals surface area contributed by atoms with Crippen LogP contribution < -0.4 is 14.8 Å². The second kappa shape index (κ2) is 13.3. The van der Waals surface area contributed by atoms with Crippen molar-refractivity contribution in [3.8, 4) is 11.5 Å². The lowest BCUT2D eigenvalue weighted by Crippen LogP contribution is -2.48. The largest absolute Gasteiger partial charge is 0.497 e. The monoisotopic (exact) mass is 596 g/mol. The van der Waals surface area contributed by atoms with Gasteiger partial charge in [0.05, 0.1) is 37.6 Å². The molecule has 11 nitrogen and oxygen atoms in total. The molecule has 0 bridgehead atoms. The molecular weight excluding hydrogens is 560 g/mol. The summed E-state index contributed by atoms with van der Waals surface area (Å²) < 4.78 is 39.6. The highest BCUT2D eigenvalue weighted by Gasteiger charge is 2.33. The van der Waals surface area contributed by atoms with E-state index in [2.05, 4.69) is 10.3 Å². The van der Waals surface area contributed by atoms with Crippen molar-refractivity contribution in [2.75, 3.05) is 39.2 Å². The Kier molecular flexibility index (Phi) is 9.81. The highest BCUT2D eigenvalue weighted by Crippen LogP contribution is 2.30. The molecule has 0 spiro atoms. The zero-order valence-corrected chi connectivity index (χ0v) is 24.9. The third kappa shape index (κ3) is 7.07. The molecule has 3 atom stereocenters. The van der Waals surface area contributed by atoms with Crippen LogP contribution in [0.1, 0.15) is 29.8 Å². The second-order valence-corrected chi connectivity index (χ2v) is 12.4. The molecule has 224 valence electrons. The molecule has 0 saturated heterocycles. The van der Waals surface area contributed by atoms with Gasteiger partial charge in [0.1, 0.15) is 17.6 Å². The maximum Gasteiger partial charge on any atom is 0.255 e. The summed E-state index contributed by atoms with van der Waals surface area (Å²) in [5, 5.41) is 12.7. The standard InChI is InChI=1S/C30H36N4O7S/c1-20-17-34(21(2)19-35)29(36)16-23-15-24(32-30(37)22-11-13-31-14-12-22)5-10-27(23)41-28(20)18-33(3)42(38,39)26-8-6-25(40-4)7-9-26/h5-15,20-21,28,35H,16-19H2,1-4H3,(H,32,37)/t20-,21-,28+/m0/s1. The minimum atomic E-state index is -3.86. The molecule has 2 amide bonds. The van der Waals surface area contributed by atoms with E-state index in [-0.39, 0.29) is 48.7 Å². The van der Waals surface area contributed by atoms with Gasteiger partial charge in [-0.1, -0.05) is 6.92 Å². The number of hydrogen-bond acceptors (Lipinski definition) is 8. The smallest absolute Gasteiger partial charge is 0.255 e. The number of nitrogens with one attached hydrogen (secondary N) is 1. The van der Waals surface area contributed by atoms with E-state index in [1.165, 1.54) is 43.0 Å². The van der Waals surface area contributed by atoms with E-state index in [4.69, 9.17) is 9.47 Å². The number of hydrogen-bond donors (Lipinski definition) is 2. The molecule has 0 unspecified atom stereocenters. The third-order valence-electron chi connectivity index (χ3n) is 7.32. The number of nitrogens with zero attached hydrogens (tertiary/aromatic N) is 3. The summed E-state index contributed by atoms with van der Waals surface area (Å²) in [6.45, 7) is 3.67. The van der Waals surface area contributed by atoms with E-state index >= 15 is 0 Å². The van der Waals surface area contributed by atoms with Crippen molar-refractivity contribution in [1.82, 2.24) is 14.2 Å². The lowest BCUT2D eigenvalue weighted by Gasteiger charge is -2.33. The summed E-state index contributed by atoms with van der Waals surface area (Å²) >= 11 is 0. The van der Waals surface area contributed by atoms with Gasteiger partial charge < -0.3 is 24.8 Å². The van der Waals surface area contributed by atoms with E-state index in [1.54, 1.807) is 54.3 Å². The number of likely N-dealkylation sites (N-methyl/N-ethyl adjacent to an activating group) is 1. The van der Waals surface area contributed by atoms with Crippen molar-refractivity contribution in [2.45, 2.75) is 37.3 Å². The van der Waals surface area contributed by atoms with Gasteiger partial charge in [-0.25, -0.2) is 8.42 Å². The molecule has 12 heteroatoms. The first-order valence-corrected chi connectivity index (χ1v) is 15.0. The second-order valence-electron chi connectivity index (χ2n) is 10.4. The Bertz CT molecular complexity index is 1500. The van der Waals surface area contributed by atoms with Gasteiger partial charge in [-0.15, -0.1) is 0 Å². The molecule has 0 aliphatic carbocycles. The van der Waals surface area contributed by atoms with Gasteiger partial charge in [-0.2, -0.15) is 4.31 Å². The van der Waals surface area contributed by atoms with Crippen LogP contribution in [0.25, 0.3) is 0 Å². The third-order valence-corrected chi connectivity index (χ3v) is 9.16. The van der Waals surface area contributed by atoms with Crippen LogP contribution >= 0.6 is 0 Å². The number of rotatable bonds is 9. The maximum absolute atomic E-state index is 13.5. The fourth-order valence-electron chi connectivity index (χ4n) is 4.71.